The van der Waals surface area contributed by atoms with Gasteiger partial charge in [-0.1, -0.05) is 330 Å². The van der Waals surface area contributed by atoms with Crippen molar-refractivity contribution in [3.8, 4) is 94.7 Å². The first-order valence-corrected chi connectivity index (χ1v) is 37.7. The molecular formula is C104H72BN3. The third-order valence-corrected chi connectivity index (χ3v) is 22.9. The highest BCUT2D eigenvalue weighted by Gasteiger charge is 2.46. The van der Waals surface area contributed by atoms with Crippen LogP contribution in [-0.2, 0) is 5.41 Å². The van der Waals surface area contributed by atoms with Crippen LogP contribution < -0.4 is 26.2 Å². The zero-order chi connectivity index (χ0) is 71.7. The van der Waals surface area contributed by atoms with Crippen LogP contribution in [0.3, 0.4) is 0 Å². The van der Waals surface area contributed by atoms with E-state index in [0.29, 0.717) is 0 Å². The molecule has 0 unspecified atom stereocenters. The molecule has 0 fully saturated rings. The molecule has 2 aliphatic heterocycles. The average molecular weight is 1370 g/mol. The summed E-state index contributed by atoms with van der Waals surface area (Å²) in [7, 11) is 0. The molecule has 0 aliphatic carbocycles. The van der Waals surface area contributed by atoms with Crippen molar-refractivity contribution in [1.29, 1.82) is 0 Å². The van der Waals surface area contributed by atoms with Crippen LogP contribution in [0, 0.1) is 0 Å². The lowest BCUT2D eigenvalue weighted by Crippen LogP contribution is -2.61. The number of anilines is 6. The number of para-hydroxylation sites is 2. The molecule has 0 amide bonds. The Morgan fingerprint density at radius 1 is 0.241 bits per heavy atom. The molecule has 0 atom stereocenters. The lowest BCUT2D eigenvalue weighted by molar-refractivity contribution is 0.591. The SMILES string of the molecule is CC(C)(C)c1cc2ccc3cc(-c4ccc5c(c4)B4c6cc(-c7ccccc7)ccc6N(c6c(-c7ccccc7)cc(-c7ccccc7)cc6-c6ccccc6)c6cc(-n7c8ccccc8c8ccccc87)cc(c64)N5c4c(-c5ccccc5)cc(-c5ccccc5)cc4-c4ccccc4)cc4ccc(c1)c2c34. The first-order chi connectivity index (χ1) is 53.2. The summed E-state index contributed by atoms with van der Waals surface area (Å²) in [6.07, 6.45) is 0. The summed E-state index contributed by atoms with van der Waals surface area (Å²) < 4.78 is 2.54. The molecule has 506 valence electrons. The molecule has 2 aliphatic rings. The fourth-order valence-corrected chi connectivity index (χ4v) is 17.9. The van der Waals surface area contributed by atoms with Crippen molar-refractivity contribution >= 4 is 111 Å². The van der Waals surface area contributed by atoms with E-state index in [2.05, 4.69) is 417 Å². The van der Waals surface area contributed by atoms with Crippen molar-refractivity contribution in [3.05, 3.63) is 388 Å². The van der Waals surface area contributed by atoms with Crippen LogP contribution in [0.15, 0.2) is 382 Å². The zero-order valence-electron chi connectivity index (χ0n) is 60.3. The Bertz CT molecular complexity index is 6490. The van der Waals surface area contributed by atoms with Crippen molar-refractivity contribution in [2.75, 3.05) is 9.80 Å². The third kappa shape index (κ3) is 10.3. The van der Waals surface area contributed by atoms with E-state index in [1.165, 1.54) is 70.6 Å². The van der Waals surface area contributed by atoms with E-state index in [4.69, 9.17) is 0 Å². The van der Waals surface area contributed by atoms with Gasteiger partial charge in [-0.25, -0.2) is 0 Å². The van der Waals surface area contributed by atoms with Crippen LogP contribution in [-0.4, -0.2) is 11.3 Å². The van der Waals surface area contributed by atoms with Crippen LogP contribution in [0.4, 0.5) is 34.1 Å². The van der Waals surface area contributed by atoms with Gasteiger partial charge in [-0.2, -0.15) is 0 Å². The van der Waals surface area contributed by atoms with Gasteiger partial charge in [-0.15, -0.1) is 0 Å². The number of hydrogen-bond donors (Lipinski definition) is 0. The van der Waals surface area contributed by atoms with Gasteiger partial charge in [0.15, 0.2) is 0 Å². The average Bonchev–Trinajstić information content (AvgIpc) is 0.819. The smallest absolute Gasteiger partial charge is 0.252 e. The van der Waals surface area contributed by atoms with Gasteiger partial charge in [-0.3, -0.25) is 0 Å². The highest BCUT2D eigenvalue weighted by Crippen LogP contribution is 2.56. The van der Waals surface area contributed by atoms with Crippen molar-refractivity contribution in [1.82, 2.24) is 4.57 Å². The van der Waals surface area contributed by atoms with Gasteiger partial charge in [0.05, 0.1) is 28.1 Å². The molecule has 3 heterocycles. The summed E-state index contributed by atoms with van der Waals surface area (Å²) in [4.78, 5) is 5.40. The monoisotopic (exact) mass is 1370 g/mol. The molecule has 1 aromatic heterocycles. The summed E-state index contributed by atoms with van der Waals surface area (Å²) in [5.41, 5.74) is 33.1. The first-order valence-electron chi connectivity index (χ1n) is 37.7. The van der Waals surface area contributed by atoms with Gasteiger partial charge in [0.1, 0.15) is 0 Å². The normalized spacial score (nSPS) is 12.5. The highest BCUT2D eigenvalue weighted by molar-refractivity contribution is 7.00. The lowest BCUT2D eigenvalue weighted by Gasteiger charge is -2.46. The van der Waals surface area contributed by atoms with E-state index in [1.807, 2.05) is 0 Å². The molecule has 0 saturated heterocycles. The van der Waals surface area contributed by atoms with E-state index in [0.717, 1.165) is 134 Å². The molecule has 0 bridgehead atoms. The summed E-state index contributed by atoms with van der Waals surface area (Å²) in [5.74, 6) is 0. The maximum atomic E-state index is 2.70. The van der Waals surface area contributed by atoms with Gasteiger partial charge < -0.3 is 14.4 Å². The fourth-order valence-electron chi connectivity index (χ4n) is 17.9. The van der Waals surface area contributed by atoms with Gasteiger partial charge in [0, 0.05) is 55.8 Å². The maximum absolute atomic E-state index is 2.70. The largest absolute Gasteiger partial charge is 0.310 e. The fraction of sp³-hybridized carbons (Fsp3) is 0.0385. The molecular weight excluding hydrogens is 1300 g/mol. The number of fused-ring (bicyclic) bond motifs is 7. The molecule has 19 aromatic rings. The van der Waals surface area contributed by atoms with Gasteiger partial charge in [-0.05, 0) is 199 Å². The van der Waals surface area contributed by atoms with Crippen LogP contribution >= 0.6 is 0 Å². The lowest BCUT2D eigenvalue weighted by atomic mass is 9.33. The molecule has 0 saturated carbocycles. The predicted molar refractivity (Wildman–Crippen MR) is 461 cm³/mol. The maximum Gasteiger partial charge on any atom is 0.252 e. The van der Waals surface area contributed by atoms with Crippen LogP contribution in [0.5, 0.6) is 0 Å². The van der Waals surface area contributed by atoms with E-state index in [-0.39, 0.29) is 12.1 Å². The van der Waals surface area contributed by atoms with Crippen molar-refractivity contribution in [2.24, 2.45) is 0 Å². The molecule has 0 spiro atoms. The zero-order valence-corrected chi connectivity index (χ0v) is 60.3. The summed E-state index contributed by atoms with van der Waals surface area (Å²) in [5, 5.41) is 10.1. The molecule has 3 nitrogen and oxygen atoms in total. The van der Waals surface area contributed by atoms with E-state index in [9.17, 15) is 0 Å². The topological polar surface area (TPSA) is 11.4 Å². The Hall–Kier alpha value is -13.5. The van der Waals surface area contributed by atoms with Crippen molar-refractivity contribution in [3.63, 3.8) is 0 Å². The van der Waals surface area contributed by atoms with Gasteiger partial charge in [0.2, 0.25) is 0 Å². The number of hydrogen-bond acceptors (Lipinski definition) is 2. The molecule has 18 aromatic carbocycles. The predicted octanol–water partition coefficient (Wildman–Crippen LogP) is 26.4. The Morgan fingerprint density at radius 3 is 0.907 bits per heavy atom. The summed E-state index contributed by atoms with van der Waals surface area (Å²) in [6, 6.07) is 144. The van der Waals surface area contributed by atoms with Crippen molar-refractivity contribution < 1.29 is 0 Å². The standard InChI is InChI=1S/C104H72BN3/c1-104(2,3)83-57-78-49-47-76-55-80(56-77-48-50-79(58-83)100(78)99(76)77)75-52-54-96-92(64-75)105-91-63-74(67-29-11-4-12-30-67)51-53-95(91)107(102-87(70-35-17-7-18-36-70)59-81(68-31-13-5-14-32-68)60-88(102)71-37-19-8-20-38-71)97-65-84(106-93-45-27-25-43-85(93)86-44-26-28-46-94(86)106)66-98(101(97)105)108(96)103-89(72-39-21-9-22-40-72)61-82(69-33-15-6-16-34-69)62-90(103)73-41-23-10-24-42-73/h4-66H,1-3H3. The quantitative estimate of drug-likeness (QED) is 0.0944. The number of aromatic nitrogens is 1. The van der Waals surface area contributed by atoms with E-state index >= 15 is 0 Å². The molecule has 108 heavy (non-hydrogen) atoms. The van der Waals surface area contributed by atoms with Gasteiger partial charge in [0.25, 0.3) is 6.71 Å². The Labute approximate surface area is 630 Å². The Morgan fingerprint density at radius 2 is 0.546 bits per heavy atom. The molecule has 21 rings (SSSR count). The summed E-state index contributed by atoms with van der Waals surface area (Å²) >= 11 is 0. The number of nitrogens with zero attached hydrogens (tertiary/aromatic N) is 3. The summed E-state index contributed by atoms with van der Waals surface area (Å²) in [6.45, 7) is 6.65. The Balaban J connectivity index is 0.942. The van der Waals surface area contributed by atoms with Crippen LogP contribution in [0.25, 0.3) is 149 Å². The second-order valence-corrected chi connectivity index (χ2v) is 30.3. The third-order valence-electron chi connectivity index (χ3n) is 22.9. The van der Waals surface area contributed by atoms with Gasteiger partial charge >= 0.3 is 0 Å². The number of benzene rings is 18. The second-order valence-electron chi connectivity index (χ2n) is 30.3. The minimum atomic E-state index is -0.307. The van der Waals surface area contributed by atoms with Crippen molar-refractivity contribution in [2.45, 2.75) is 26.2 Å². The first kappa shape index (κ1) is 63.0. The molecule has 4 heteroatoms. The van der Waals surface area contributed by atoms with E-state index < -0.39 is 0 Å². The molecule has 0 radical (unpaired) electrons. The second kappa shape index (κ2) is 25.1. The minimum Gasteiger partial charge on any atom is -0.310 e. The minimum absolute atomic E-state index is 0.0119. The van der Waals surface area contributed by atoms with Crippen LogP contribution in [0.1, 0.15) is 26.3 Å². The Kier molecular flexibility index (Phi) is 14.6. The van der Waals surface area contributed by atoms with E-state index in [1.54, 1.807) is 0 Å². The highest BCUT2D eigenvalue weighted by atomic mass is 15.2. The molecule has 0 N–H and O–H groups in total. The number of rotatable bonds is 11. The van der Waals surface area contributed by atoms with Crippen LogP contribution in [0.2, 0.25) is 0 Å².